The van der Waals surface area contributed by atoms with Crippen LogP contribution in [0.15, 0.2) is 23.8 Å². The summed E-state index contributed by atoms with van der Waals surface area (Å²) in [5.41, 5.74) is 0.923. The fourth-order valence-corrected chi connectivity index (χ4v) is 4.94. The molecule has 4 nitrogen and oxygen atoms in total. The van der Waals surface area contributed by atoms with Gasteiger partial charge in [0.05, 0.1) is 11.7 Å². The zero-order valence-corrected chi connectivity index (χ0v) is 18.9. The van der Waals surface area contributed by atoms with Crippen LogP contribution in [-0.4, -0.2) is 72.5 Å². The predicted molar refractivity (Wildman–Crippen MR) is 118 cm³/mol. The molecule has 0 radical (unpaired) electrons. The minimum Gasteiger partial charge on any atom is -0.392 e. The number of likely N-dealkylation sites (N-methyl/N-ethyl adjacent to an activating group) is 1. The Bertz CT molecular complexity index is 527. The number of hydrogen-bond acceptors (Lipinski definition) is 4. The Hall–Kier alpha value is -0.680. The molecule has 0 amide bonds. The molecule has 0 heterocycles. The number of allylic oxidation sites excluding steroid dienone is 1. The molecule has 2 N–H and O–H groups in total. The van der Waals surface area contributed by atoms with E-state index in [1.165, 1.54) is 6.42 Å². The van der Waals surface area contributed by atoms with E-state index in [0.717, 1.165) is 51.7 Å². The van der Waals surface area contributed by atoms with Gasteiger partial charge >= 0.3 is 0 Å². The van der Waals surface area contributed by atoms with Crippen LogP contribution in [0, 0.1) is 17.8 Å². The highest BCUT2D eigenvalue weighted by Gasteiger charge is 2.43. The third-order valence-corrected chi connectivity index (χ3v) is 6.55. The van der Waals surface area contributed by atoms with Gasteiger partial charge in [0, 0.05) is 12.5 Å². The van der Waals surface area contributed by atoms with Crippen molar-refractivity contribution in [2.45, 2.75) is 70.5 Å². The normalized spacial score (nSPS) is 29.7. The summed E-state index contributed by atoms with van der Waals surface area (Å²) in [5.74, 6) is 1.30. The second-order valence-corrected chi connectivity index (χ2v) is 9.86. The maximum atomic E-state index is 10.5. The van der Waals surface area contributed by atoms with Gasteiger partial charge in [-0.15, -0.1) is 0 Å². The minimum atomic E-state index is -0.621. The lowest BCUT2D eigenvalue weighted by Gasteiger charge is -2.23. The van der Waals surface area contributed by atoms with Crippen molar-refractivity contribution in [3.63, 3.8) is 0 Å². The maximum Gasteiger partial charge on any atom is 0.0654 e. The second kappa shape index (κ2) is 10.9. The van der Waals surface area contributed by atoms with E-state index in [2.05, 4.69) is 56.1 Å². The lowest BCUT2D eigenvalue weighted by Crippen LogP contribution is -2.26. The van der Waals surface area contributed by atoms with Crippen LogP contribution < -0.4 is 0 Å². The van der Waals surface area contributed by atoms with Crippen LogP contribution in [0.1, 0.15) is 58.8 Å². The van der Waals surface area contributed by atoms with Crippen molar-refractivity contribution in [1.82, 2.24) is 9.80 Å². The summed E-state index contributed by atoms with van der Waals surface area (Å²) < 4.78 is 0. The molecule has 0 aromatic carbocycles. The Balaban J connectivity index is 1.82. The van der Waals surface area contributed by atoms with Crippen molar-refractivity contribution >= 4 is 0 Å². The molecule has 28 heavy (non-hydrogen) atoms. The molecule has 2 rings (SSSR count). The summed E-state index contributed by atoms with van der Waals surface area (Å²) in [6.45, 7) is 7.41. The SMILES string of the molecule is CCCC[C@](C)(O)C/C=C/[C@@H]1[C@H]2CC(CN(C)CCCN(C)C)=C[C@H]2C[C@H]1O. The summed E-state index contributed by atoms with van der Waals surface area (Å²) in [5, 5.41) is 21.0. The third kappa shape index (κ3) is 7.29. The first-order valence-electron chi connectivity index (χ1n) is 11.3. The van der Waals surface area contributed by atoms with E-state index in [1.807, 2.05) is 6.92 Å². The summed E-state index contributed by atoms with van der Waals surface area (Å²) in [7, 11) is 6.47. The van der Waals surface area contributed by atoms with E-state index < -0.39 is 5.60 Å². The molecular formula is C24H44N2O2. The smallest absolute Gasteiger partial charge is 0.0654 e. The number of aliphatic hydroxyl groups is 2. The predicted octanol–water partition coefficient (Wildman–Crippen LogP) is 3.70. The average Bonchev–Trinajstić information content (AvgIpc) is 3.10. The first kappa shape index (κ1) is 23.6. The molecular weight excluding hydrogens is 348 g/mol. The molecule has 0 saturated heterocycles. The van der Waals surface area contributed by atoms with Crippen molar-refractivity contribution in [2.24, 2.45) is 17.8 Å². The Morgan fingerprint density at radius 3 is 2.64 bits per heavy atom. The molecule has 0 aliphatic heterocycles. The zero-order valence-electron chi connectivity index (χ0n) is 18.9. The molecule has 0 unspecified atom stereocenters. The highest BCUT2D eigenvalue weighted by Crippen LogP contribution is 2.47. The summed E-state index contributed by atoms with van der Waals surface area (Å²) >= 11 is 0. The van der Waals surface area contributed by atoms with Gasteiger partial charge in [-0.2, -0.15) is 0 Å². The van der Waals surface area contributed by atoms with Crippen molar-refractivity contribution in [3.8, 4) is 0 Å². The lowest BCUT2D eigenvalue weighted by molar-refractivity contribution is 0.0513. The van der Waals surface area contributed by atoms with Crippen molar-refractivity contribution in [2.75, 3.05) is 40.8 Å². The van der Waals surface area contributed by atoms with Gasteiger partial charge in [-0.1, -0.05) is 43.6 Å². The van der Waals surface area contributed by atoms with Crippen LogP contribution in [-0.2, 0) is 0 Å². The van der Waals surface area contributed by atoms with Gasteiger partial charge in [-0.3, -0.25) is 0 Å². The fraction of sp³-hybridized carbons (Fsp3) is 0.833. The fourth-order valence-electron chi connectivity index (χ4n) is 4.94. The molecule has 1 fully saturated rings. The van der Waals surface area contributed by atoms with Crippen molar-refractivity contribution < 1.29 is 10.2 Å². The van der Waals surface area contributed by atoms with Crippen LogP contribution in [0.4, 0.5) is 0 Å². The molecule has 5 atom stereocenters. The van der Waals surface area contributed by atoms with E-state index in [0.29, 0.717) is 18.3 Å². The number of unbranched alkanes of at least 4 members (excludes halogenated alkanes) is 1. The molecule has 0 aromatic rings. The largest absolute Gasteiger partial charge is 0.392 e. The summed E-state index contributed by atoms with van der Waals surface area (Å²) in [4.78, 5) is 4.67. The number of hydrogen-bond donors (Lipinski definition) is 2. The first-order chi connectivity index (χ1) is 13.2. The number of fused-ring (bicyclic) bond motifs is 1. The molecule has 0 aromatic heterocycles. The van der Waals surface area contributed by atoms with E-state index >= 15 is 0 Å². The highest BCUT2D eigenvalue weighted by molar-refractivity contribution is 5.21. The minimum absolute atomic E-state index is 0.234. The molecule has 0 bridgehead atoms. The Morgan fingerprint density at radius 1 is 1.21 bits per heavy atom. The second-order valence-electron chi connectivity index (χ2n) is 9.86. The number of nitrogens with zero attached hydrogens (tertiary/aromatic N) is 2. The molecule has 0 spiro atoms. The Labute approximate surface area is 173 Å². The van der Waals surface area contributed by atoms with E-state index in [-0.39, 0.29) is 12.0 Å². The Morgan fingerprint density at radius 2 is 1.96 bits per heavy atom. The standard InChI is InChI=1S/C24H44N2O2/c1-6-7-11-24(2,28)12-8-10-21-22-16-19(15-20(22)17-23(21)27)18-26(5)14-9-13-25(3)4/h8,10,15,20-23,27-28H,6-7,9,11-14,16-18H2,1-5H3/b10-8+/t20-,21+,22-,23+,24-/m0/s1. The number of rotatable bonds is 12. The highest BCUT2D eigenvalue weighted by atomic mass is 16.3. The average molecular weight is 393 g/mol. The van der Waals surface area contributed by atoms with Gasteiger partial charge in [0.15, 0.2) is 0 Å². The van der Waals surface area contributed by atoms with Gasteiger partial charge in [0.2, 0.25) is 0 Å². The van der Waals surface area contributed by atoms with Crippen LogP contribution in [0.3, 0.4) is 0 Å². The van der Waals surface area contributed by atoms with Gasteiger partial charge in [0.1, 0.15) is 0 Å². The summed E-state index contributed by atoms with van der Waals surface area (Å²) in [6, 6.07) is 0. The quantitative estimate of drug-likeness (QED) is 0.497. The molecule has 1 saturated carbocycles. The third-order valence-electron chi connectivity index (χ3n) is 6.55. The molecule has 2 aliphatic rings. The molecule has 162 valence electrons. The zero-order chi connectivity index (χ0) is 20.7. The molecule has 4 heteroatoms. The number of aliphatic hydroxyl groups excluding tert-OH is 1. The van der Waals surface area contributed by atoms with E-state index in [9.17, 15) is 10.2 Å². The van der Waals surface area contributed by atoms with Crippen LogP contribution in [0.25, 0.3) is 0 Å². The Kier molecular flexibility index (Phi) is 9.20. The maximum absolute atomic E-state index is 10.5. The van der Waals surface area contributed by atoms with Gasteiger partial charge in [-0.05, 0) is 85.1 Å². The van der Waals surface area contributed by atoms with Gasteiger partial charge in [0.25, 0.3) is 0 Å². The lowest BCUT2D eigenvalue weighted by atomic mass is 9.88. The van der Waals surface area contributed by atoms with Crippen LogP contribution in [0.2, 0.25) is 0 Å². The summed E-state index contributed by atoms with van der Waals surface area (Å²) in [6.07, 6.45) is 13.4. The van der Waals surface area contributed by atoms with Crippen LogP contribution in [0.5, 0.6) is 0 Å². The first-order valence-corrected chi connectivity index (χ1v) is 11.3. The van der Waals surface area contributed by atoms with E-state index in [4.69, 9.17) is 0 Å². The van der Waals surface area contributed by atoms with Gasteiger partial charge < -0.3 is 20.0 Å². The van der Waals surface area contributed by atoms with Crippen molar-refractivity contribution in [3.05, 3.63) is 23.8 Å². The topological polar surface area (TPSA) is 46.9 Å². The van der Waals surface area contributed by atoms with Gasteiger partial charge in [-0.25, -0.2) is 0 Å². The van der Waals surface area contributed by atoms with Crippen molar-refractivity contribution in [1.29, 1.82) is 0 Å². The molecule has 2 aliphatic carbocycles. The van der Waals surface area contributed by atoms with E-state index in [1.54, 1.807) is 5.57 Å². The van der Waals surface area contributed by atoms with Crippen LogP contribution >= 0.6 is 0 Å². The monoisotopic (exact) mass is 392 g/mol.